The first-order chi connectivity index (χ1) is 17.9. The van der Waals surface area contributed by atoms with E-state index in [1.54, 1.807) is 4.90 Å². The summed E-state index contributed by atoms with van der Waals surface area (Å²) in [7, 11) is 0. The zero-order valence-corrected chi connectivity index (χ0v) is 22.1. The Morgan fingerprint density at radius 3 is 2.51 bits per heavy atom. The maximum atomic E-state index is 13.0. The molecule has 192 valence electrons. The fourth-order valence-corrected chi connectivity index (χ4v) is 5.75. The molecule has 0 atom stereocenters. The van der Waals surface area contributed by atoms with Gasteiger partial charge < -0.3 is 14.4 Å². The van der Waals surface area contributed by atoms with Crippen LogP contribution in [-0.2, 0) is 16.1 Å². The minimum atomic E-state index is -0.857. The van der Waals surface area contributed by atoms with Crippen molar-refractivity contribution in [3.63, 3.8) is 0 Å². The number of carbonyl (C=O) groups excluding carboxylic acids is 1. The highest BCUT2D eigenvalue weighted by molar-refractivity contribution is 9.10. The van der Waals surface area contributed by atoms with Crippen LogP contribution in [0.4, 0.5) is 0 Å². The van der Waals surface area contributed by atoms with E-state index in [1.807, 2.05) is 49.4 Å². The summed E-state index contributed by atoms with van der Waals surface area (Å²) < 4.78 is 6.98. The van der Waals surface area contributed by atoms with Crippen molar-refractivity contribution in [1.82, 2.24) is 25.5 Å². The van der Waals surface area contributed by atoms with E-state index < -0.39 is 11.4 Å². The van der Waals surface area contributed by atoms with E-state index in [1.165, 1.54) is 0 Å². The van der Waals surface area contributed by atoms with Crippen molar-refractivity contribution in [1.29, 1.82) is 0 Å². The fourth-order valence-electron chi connectivity index (χ4n) is 5.13. The van der Waals surface area contributed by atoms with Crippen LogP contribution in [0.25, 0.3) is 33.7 Å². The SMILES string of the molecule is CCCC(=O)N(Cc1ccc2oc(-c3ccc(-c4nn[nH]n4)cc3)c(Br)c2c1)CC1(C(=O)O)CCCC1. The first kappa shape index (κ1) is 25.1. The number of H-pyrrole nitrogens is 1. The number of carbonyl (C=O) groups is 2. The number of nitrogens with zero attached hydrogens (tertiary/aromatic N) is 4. The smallest absolute Gasteiger partial charge is 0.311 e. The second-order valence-corrected chi connectivity index (χ2v) is 10.5. The second kappa shape index (κ2) is 10.5. The van der Waals surface area contributed by atoms with Gasteiger partial charge in [-0.2, -0.15) is 5.21 Å². The topological polar surface area (TPSA) is 125 Å². The molecule has 0 aliphatic heterocycles. The average Bonchev–Trinajstić information content (AvgIpc) is 3.66. The van der Waals surface area contributed by atoms with E-state index >= 15 is 0 Å². The van der Waals surface area contributed by atoms with E-state index in [9.17, 15) is 14.7 Å². The average molecular weight is 566 g/mol. The van der Waals surface area contributed by atoms with Gasteiger partial charge in [0.2, 0.25) is 11.7 Å². The van der Waals surface area contributed by atoms with Crippen LogP contribution >= 0.6 is 15.9 Å². The number of furan rings is 1. The molecule has 1 aliphatic carbocycles. The molecule has 2 heterocycles. The lowest BCUT2D eigenvalue weighted by Gasteiger charge is -2.32. The molecule has 2 aromatic carbocycles. The number of tetrazole rings is 1. The Labute approximate surface area is 222 Å². The van der Waals surface area contributed by atoms with Crippen LogP contribution in [0.2, 0.25) is 0 Å². The molecule has 5 rings (SSSR count). The highest BCUT2D eigenvalue weighted by atomic mass is 79.9. The molecular weight excluding hydrogens is 538 g/mol. The summed E-state index contributed by atoms with van der Waals surface area (Å²) in [6.07, 6.45) is 4.11. The summed E-state index contributed by atoms with van der Waals surface area (Å²) in [6, 6.07) is 13.5. The van der Waals surface area contributed by atoms with Crippen LogP contribution < -0.4 is 0 Å². The molecule has 37 heavy (non-hydrogen) atoms. The van der Waals surface area contributed by atoms with Crippen LogP contribution in [0.1, 0.15) is 51.0 Å². The molecule has 9 nitrogen and oxygen atoms in total. The zero-order chi connectivity index (χ0) is 26.0. The molecule has 10 heteroatoms. The van der Waals surface area contributed by atoms with Crippen molar-refractivity contribution in [2.75, 3.05) is 6.54 Å². The molecule has 1 aliphatic rings. The molecule has 0 radical (unpaired) electrons. The van der Waals surface area contributed by atoms with Gasteiger partial charge in [-0.3, -0.25) is 9.59 Å². The lowest BCUT2D eigenvalue weighted by atomic mass is 9.85. The molecule has 4 aromatic rings. The van der Waals surface area contributed by atoms with Gasteiger partial charge >= 0.3 is 5.97 Å². The number of rotatable bonds is 9. The predicted octanol–water partition coefficient (Wildman–Crippen LogP) is 5.82. The Balaban J connectivity index is 1.42. The van der Waals surface area contributed by atoms with Crippen molar-refractivity contribution in [2.24, 2.45) is 5.41 Å². The van der Waals surface area contributed by atoms with E-state index in [0.717, 1.165) is 51.4 Å². The fraction of sp³-hybridized carbons (Fsp3) is 0.370. The number of aromatic amines is 1. The molecule has 2 aromatic heterocycles. The minimum Gasteiger partial charge on any atom is -0.481 e. The summed E-state index contributed by atoms with van der Waals surface area (Å²) >= 11 is 3.71. The van der Waals surface area contributed by atoms with Gasteiger partial charge in [0, 0.05) is 36.0 Å². The highest BCUT2D eigenvalue weighted by Crippen LogP contribution is 2.41. The quantitative estimate of drug-likeness (QED) is 0.262. The first-order valence-corrected chi connectivity index (χ1v) is 13.3. The van der Waals surface area contributed by atoms with Gasteiger partial charge in [0.1, 0.15) is 11.3 Å². The number of fused-ring (bicyclic) bond motifs is 1. The number of carboxylic acid groups (broad SMARTS) is 1. The maximum Gasteiger partial charge on any atom is 0.311 e. The third kappa shape index (κ3) is 5.02. The molecule has 1 saturated carbocycles. The van der Waals surface area contributed by atoms with Crippen molar-refractivity contribution in [3.8, 4) is 22.7 Å². The molecule has 1 fully saturated rings. The Morgan fingerprint density at radius 2 is 1.86 bits per heavy atom. The number of carboxylic acids is 1. The lowest BCUT2D eigenvalue weighted by Crippen LogP contribution is -2.43. The normalized spacial score (nSPS) is 14.8. The predicted molar refractivity (Wildman–Crippen MR) is 141 cm³/mol. The third-order valence-electron chi connectivity index (χ3n) is 7.14. The third-order valence-corrected chi connectivity index (χ3v) is 7.93. The van der Waals surface area contributed by atoms with Crippen LogP contribution in [0.5, 0.6) is 0 Å². The second-order valence-electron chi connectivity index (χ2n) is 9.68. The summed E-state index contributed by atoms with van der Waals surface area (Å²) in [5.41, 5.74) is 2.52. The Hall–Kier alpha value is -3.53. The van der Waals surface area contributed by atoms with Gasteiger partial charge in [0.25, 0.3) is 0 Å². The largest absolute Gasteiger partial charge is 0.481 e. The molecule has 0 unspecified atom stereocenters. The monoisotopic (exact) mass is 565 g/mol. The summed E-state index contributed by atoms with van der Waals surface area (Å²) in [6.45, 7) is 2.56. The van der Waals surface area contributed by atoms with E-state index in [4.69, 9.17) is 4.42 Å². The number of aliphatic carboxylic acids is 1. The van der Waals surface area contributed by atoms with Gasteiger partial charge in [-0.15, -0.1) is 10.2 Å². The van der Waals surface area contributed by atoms with Crippen molar-refractivity contribution >= 4 is 38.8 Å². The van der Waals surface area contributed by atoms with E-state index in [0.29, 0.717) is 37.4 Å². The summed E-state index contributed by atoms with van der Waals surface area (Å²) in [5, 5.41) is 24.9. The first-order valence-electron chi connectivity index (χ1n) is 12.5. The standard InChI is InChI=1S/C27H28BrN5O4/c1-2-5-22(34)33(16-27(26(35)36)12-3-4-13-27)15-17-6-11-21-20(14-17)23(28)24(37-21)18-7-9-19(10-8-18)25-29-31-32-30-25/h6-11,14H,2-5,12-13,15-16H2,1H3,(H,35,36)(H,29,30,31,32). The number of halogens is 1. The van der Waals surface area contributed by atoms with Crippen molar-refractivity contribution in [3.05, 3.63) is 52.5 Å². The zero-order valence-electron chi connectivity index (χ0n) is 20.5. The Kier molecular flexibility index (Phi) is 7.10. The molecule has 1 amide bonds. The van der Waals surface area contributed by atoms with Crippen LogP contribution in [0, 0.1) is 5.41 Å². The lowest BCUT2D eigenvalue weighted by molar-refractivity contribution is -0.151. The number of amides is 1. The Morgan fingerprint density at radius 1 is 1.14 bits per heavy atom. The van der Waals surface area contributed by atoms with Crippen LogP contribution in [-0.4, -0.2) is 49.1 Å². The van der Waals surface area contributed by atoms with Crippen LogP contribution in [0.3, 0.4) is 0 Å². The van der Waals surface area contributed by atoms with Gasteiger partial charge in [0.15, 0.2) is 0 Å². The minimum absolute atomic E-state index is 0.0104. The number of hydrogen-bond acceptors (Lipinski definition) is 6. The molecular formula is C27H28BrN5O4. The summed E-state index contributed by atoms with van der Waals surface area (Å²) in [5.74, 6) is 0.400. The van der Waals surface area contributed by atoms with Crippen molar-refractivity contribution < 1.29 is 19.1 Å². The number of hydrogen-bond donors (Lipinski definition) is 2. The summed E-state index contributed by atoms with van der Waals surface area (Å²) in [4.78, 5) is 26.9. The van der Waals surface area contributed by atoms with Gasteiger partial charge in [-0.1, -0.05) is 50.1 Å². The van der Waals surface area contributed by atoms with E-state index in [2.05, 4.69) is 36.6 Å². The molecule has 0 bridgehead atoms. The van der Waals surface area contributed by atoms with Gasteiger partial charge in [0.05, 0.1) is 9.89 Å². The van der Waals surface area contributed by atoms with Gasteiger partial charge in [-0.25, -0.2) is 0 Å². The molecule has 0 spiro atoms. The van der Waals surface area contributed by atoms with Crippen LogP contribution in [0.15, 0.2) is 51.4 Å². The number of nitrogens with one attached hydrogen (secondary N) is 1. The molecule has 2 N–H and O–H groups in total. The van der Waals surface area contributed by atoms with Crippen molar-refractivity contribution in [2.45, 2.75) is 52.0 Å². The Bertz CT molecular complexity index is 1410. The number of aromatic nitrogens is 4. The van der Waals surface area contributed by atoms with Gasteiger partial charge in [-0.05, 0) is 58.1 Å². The highest BCUT2D eigenvalue weighted by Gasteiger charge is 2.43. The van der Waals surface area contributed by atoms with E-state index in [-0.39, 0.29) is 12.5 Å². The number of benzene rings is 2. The maximum absolute atomic E-state index is 13.0. The molecule has 0 saturated heterocycles.